The zero-order valence-corrected chi connectivity index (χ0v) is 16.4. The Labute approximate surface area is 170 Å². The van der Waals surface area contributed by atoms with Crippen LogP contribution in [0.15, 0.2) is 30.7 Å². The molecule has 30 heavy (non-hydrogen) atoms. The topological polar surface area (TPSA) is 64.4 Å². The second-order valence-electron chi connectivity index (χ2n) is 7.62. The second kappa shape index (κ2) is 6.85. The van der Waals surface area contributed by atoms with Crippen molar-refractivity contribution in [3.05, 3.63) is 42.0 Å². The molecular weight excluding hydrogens is 399 g/mol. The lowest BCUT2D eigenvalue weighted by atomic mass is 10.0. The quantitative estimate of drug-likeness (QED) is 0.665. The van der Waals surface area contributed by atoms with Crippen molar-refractivity contribution >= 4 is 27.8 Å². The average molecular weight is 419 g/mol. The zero-order valence-electron chi connectivity index (χ0n) is 16.4. The summed E-state index contributed by atoms with van der Waals surface area (Å²) in [7, 11) is 0. The highest BCUT2D eigenvalue weighted by Crippen LogP contribution is 2.39. The van der Waals surface area contributed by atoms with Crippen LogP contribution in [0.5, 0.6) is 0 Å². The number of hydrogen-bond donors (Lipinski definition) is 1. The molecule has 4 heterocycles. The van der Waals surface area contributed by atoms with Crippen molar-refractivity contribution < 1.29 is 22.7 Å². The summed E-state index contributed by atoms with van der Waals surface area (Å²) in [4.78, 5) is 14.4. The van der Waals surface area contributed by atoms with Gasteiger partial charge >= 0.3 is 6.18 Å². The third kappa shape index (κ3) is 3.07. The van der Waals surface area contributed by atoms with Crippen molar-refractivity contribution in [1.82, 2.24) is 20.1 Å². The molecule has 0 saturated carbocycles. The lowest BCUT2D eigenvalue weighted by Gasteiger charge is -2.30. The van der Waals surface area contributed by atoms with Gasteiger partial charge in [0, 0.05) is 18.0 Å². The number of hydrogen-bond acceptors (Lipinski definition) is 6. The van der Waals surface area contributed by atoms with Crippen LogP contribution in [-0.4, -0.2) is 27.2 Å². The van der Waals surface area contributed by atoms with E-state index in [1.807, 2.05) is 18.4 Å². The summed E-state index contributed by atoms with van der Waals surface area (Å²) >= 11 is 0. The Kier molecular flexibility index (Phi) is 4.37. The summed E-state index contributed by atoms with van der Waals surface area (Å²) in [6.07, 6.45) is 0.237. The molecule has 1 N–H and O–H groups in total. The number of halogens is 3. The van der Waals surface area contributed by atoms with E-state index in [1.54, 1.807) is 11.2 Å². The van der Waals surface area contributed by atoms with Crippen molar-refractivity contribution in [2.24, 2.45) is 0 Å². The number of pyridine rings is 1. The number of ether oxygens (including phenoxy) is 1. The standard InChI is InChI=1S/C20H20F3N5O2/c1-11-9-14(5-7-29-11)28-12(2)24-17-18(28)15-10-13(20(21,22)23)3-4-16(15)25-19(17)27-6-8-30-26-27/h3-4,6,8,10-11,14,26H,5,7,9H2,1-2H3/t11-,14-/m1/s1. The smallest absolute Gasteiger partial charge is 0.395 e. The van der Waals surface area contributed by atoms with Crippen molar-refractivity contribution in [3.8, 4) is 0 Å². The third-order valence-corrected chi connectivity index (χ3v) is 5.58. The maximum absolute atomic E-state index is 13.4. The van der Waals surface area contributed by atoms with Gasteiger partial charge in [-0.3, -0.25) is 0 Å². The monoisotopic (exact) mass is 419 g/mol. The Bertz CT molecular complexity index is 1160. The number of aryl methyl sites for hydroxylation is 1. The lowest BCUT2D eigenvalue weighted by molar-refractivity contribution is -0.137. The highest BCUT2D eigenvalue weighted by Gasteiger charge is 2.32. The van der Waals surface area contributed by atoms with Crippen LogP contribution in [-0.2, 0) is 15.8 Å². The first-order valence-electron chi connectivity index (χ1n) is 9.71. The van der Waals surface area contributed by atoms with Crippen LogP contribution >= 0.6 is 0 Å². The van der Waals surface area contributed by atoms with E-state index < -0.39 is 11.7 Å². The highest BCUT2D eigenvalue weighted by molar-refractivity contribution is 6.07. The predicted molar refractivity (Wildman–Crippen MR) is 104 cm³/mol. The van der Waals surface area contributed by atoms with Gasteiger partial charge in [-0.25, -0.2) is 15.0 Å². The fraction of sp³-hybridized carbons (Fsp3) is 0.400. The minimum atomic E-state index is -4.45. The van der Waals surface area contributed by atoms with Gasteiger partial charge in [0.25, 0.3) is 0 Å². The number of hydrazine groups is 1. The minimum absolute atomic E-state index is 0.0653. The van der Waals surface area contributed by atoms with Gasteiger partial charge in [-0.05, 0) is 44.9 Å². The summed E-state index contributed by atoms with van der Waals surface area (Å²) < 4.78 is 48.1. The van der Waals surface area contributed by atoms with E-state index >= 15 is 0 Å². The van der Waals surface area contributed by atoms with E-state index in [4.69, 9.17) is 14.6 Å². The Balaban J connectivity index is 1.82. The molecular formula is C20H20F3N5O2. The molecule has 1 fully saturated rings. The van der Waals surface area contributed by atoms with Crippen molar-refractivity contribution in [1.29, 1.82) is 0 Å². The van der Waals surface area contributed by atoms with Gasteiger partial charge in [-0.15, -0.1) is 0 Å². The number of fused-ring (bicyclic) bond motifs is 3. The van der Waals surface area contributed by atoms with Crippen LogP contribution in [0.1, 0.15) is 37.2 Å². The first-order chi connectivity index (χ1) is 14.3. The molecule has 7 nitrogen and oxygen atoms in total. The third-order valence-electron chi connectivity index (χ3n) is 5.58. The van der Waals surface area contributed by atoms with Gasteiger partial charge in [0.05, 0.1) is 28.9 Å². The molecule has 0 unspecified atom stereocenters. The molecule has 2 aliphatic heterocycles. The maximum Gasteiger partial charge on any atom is 0.416 e. The molecule has 0 aliphatic carbocycles. The minimum Gasteiger partial charge on any atom is -0.395 e. The van der Waals surface area contributed by atoms with E-state index in [2.05, 4.69) is 10.6 Å². The molecule has 0 amide bonds. The van der Waals surface area contributed by atoms with Gasteiger partial charge in [0.2, 0.25) is 0 Å². The molecule has 158 valence electrons. The van der Waals surface area contributed by atoms with E-state index in [9.17, 15) is 13.2 Å². The molecule has 3 aromatic rings. The summed E-state index contributed by atoms with van der Waals surface area (Å²) in [5, 5.41) is 1.98. The molecule has 0 radical (unpaired) electrons. The van der Waals surface area contributed by atoms with Gasteiger partial charge in [-0.2, -0.15) is 13.2 Å². The van der Waals surface area contributed by atoms with E-state index in [0.29, 0.717) is 34.4 Å². The zero-order chi connectivity index (χ0) is 21.0. The van der Waals surface area contributed by atoms with Crippen molar-refractivity contribution in [3.63, 3.8) is 0 Å². The first kappa shape index (κ1) is 19.1. The number of imidazole rings is 1. The Morgan fingerprint density at radius 1 is 1.23 bits per heavy atom. The van der Waals surface area contributed by atoms with Gasteiger partial charge in [-0.1, -0.05) is 5.59 Å². The second-order valence-corrected chi connectivity index (χ2v) is 7.62. The average Bonchev–Trinajstić information content (AvgIpc) is 3.34. The van der Waals surface area contributed by atoms with Crippen LogP contribution in [0, 0.1) is 6.92 Å². The van der Waals surface area contributed by atoms with Gasteiger partial charge in [0.1, 0.15) is 17.6 Å². The van der Waals surface area contributed by atoms with Crippen molar-refractivity contribution in [2.45, 2.75) is 45.0 Å². The summed E-state index contributed by atoms with van der Waals surface area (Å²) in [6, 6.07) is 3.70. The largest absolute Gasteiger partial charge is 0.416 e. The summed E-state index contributed by atoms with van der Waals surface area (Å²) in [5.41, 5.74) is 3.59. The van der Waals surface area contributed by atoms with E-state index in [-0.39, 0.29) is 12.1 Å². The fourth-order valence-corrected chi connectivity index (χ4v) is 4.27. The van der Waals surface area contributed by atoms with E-state index in [0.717, 1.165) is 24.7 Å². The number of nitrogens with one attached hydrogen (secondary N) is 1. The number of aromatic nitrogens is 3. The highest BCUT2D eigenvalue weighted by atomic mass is 19.4. The van der Waals surface area contributed by atoms with Crippen LogP contribution in [0.3, 0.4) is 0 Å². The number of benzene rings is 1. The van der Waals surface area contributed by atoms with E-state index in [1.165, 1.54) is 18.4 Å². The summed E-state index contributed by atoms with van der Waals surface area (Å²) in [5.74, 6) is 1.19. The normalized spacial score (nSPS) is 22.2. The van der Waals surface area contributed by atoms with Crippen LogP contribution < -0.4 is 10.6 Å². The lowest BCUT2D eigenvalue weighted by Crippen LogP contribution is -2.28. The van der Waals surface area contributed by atoms with Crippen molar-refractivity contribution in [2.75, 3.05) is 11.6 Å². The maximum atomic E-state index is 13.4. The number of alkyl halides is 3. The number of anilines is 1. The first-order valence-corrected chi connectivity index (χ1v) is 9.71. The molecule has 2 aliphatic rings. The number of nitrogens with zero attached hydrogens (tertiary/aromatic N) is 4. The molecule has 2 atom stereocenters. The number of rotatable bonds is 2. The fourth-order valence-electron chi connectivity index (χ4n) is 4.27. The Morgan fingerprint density at radius 3 is 2.77 bits per heavy atom. The Morgan fingerprint density at radius 2 is 2.07 bits per heavy atom. The van der Waals surface area contributed by atoms with Crippen LogP contribution in [0.4, 0.5) is 19.0 Å². The summed E-state index contributed by atoms with van der Waals surface area (Å²) in [6.45, 7) is 4.47. The molecule has 1 aromatic carbocycles. The molecule has 2 aromatic heterocycles. The molecule has 0 bridgehead atoms. The van der Waals surface area contributed by atoms with Gasteiger partial charge < -0.3 is 14.1 Å². The van der Waals surface area contributed by atoms with Gasteiger partial charge in [0.15, 0.2) is 5.82 Å². The Hall–Kier alpha value is -2.85. The SMILES string of the molecule is Cc1nc2c(N3C=CON3)nc3ccc(C(F)(F)F)cc3c2n1[C@@H]1CCO[C@H](C)C1. The molecule has 10 heteroatoms. The molecule has 0 spiro atoms. The molecule has 5 rings (SSSR count). The predicted octanol–water partition coefficient (Wildman–Crippen LogP) is 4.38. The van der Waals surface area contributed by atoms with Crippen LogP contribution in [0.25, 0.3) is 21.9 Å². The molecule has 1 saturated heterocycles. The van der Waals surface area contributed by atoms with Crippen LogP contribution in [0.2, 0.25) is 0 Å².